The summed E-state index contributed by atoms with van der Waals surface area (Å²) in [6.07, 6.45) is -0.368. The number of nitrogens with two attached hydrogens (primary N) is 1. The minimum Gasteiger partial charge on any atom is -0.468 e. The molecule has 0 saturated heterocycles. The van der Waals surface area contributed by atoms with Gasteiger partial charge in [0.1, 0.15) is 6.04 Å². The van der Waals surface area contributed by atoms with Gasteiger partial charge in [0.15, 0.2) is 0 Å². The summed E-state index contributed by atoms with van der Waals surface area (Å²) in [6.45, 7) is 2.19. The second-order valence-corrected chi connectivity index (χ2v) is 3.55. The van der Waals surface area contributed by atoms with Gasteiger partial charge in [-0.2, -0.15) is 0 Å². The van der Waals surface area contributed by atoms with E-state index < -0.39 is 12.0 Å². The van der Waals surface area contributed by atoms with Crippen molar-refractivity contribution in [3.05, 3.63) is 35.9 Å². The number of methoxy groups -OCH3 is 1. The van der Waals surface area contributed by atoms with E-state index in [9.17, 15) is 4.79 Å². The van der Waals surface area contributed by atoms with Crippen LogP contribution >= 0.6 is 0 Å². The lowest BCUT2D eigenvalue weighted by Crippen LogP contribution is -2.42. The summed E-state index contributed by atoms with van der Waals surface area (Å²) < 4.78 is 10.0. The van der Waals surface area contributed by atoms with Gasteiger partial charge in [0.25, 0.3) is 0 Å². The summed E-state index contributed by atoms with van der Waals surface area (Å²) in [6, 6.07) is 8.97. The van der Waals surface area contributed by atoms with E-state index in [2.05, 4.69) is 4.74 Å². The van der Waals surface area contributed by atoms with Gasteiger partial charge in [0.2, 0.25) is 0 Å². The molecule has 0 spiro atoms. The molecular formula is C12H17NO3. The van der Waals surface area contributed by atoms with Crippen molar-refractivity contribution in [3.8, 4) is 0 Å². The molecule has 1 aromatic rings. The highest BCUT2D eigenvalue weighted by molar-refractivity contribution is 5.75. The lowest BCUT2D eigenvalue weighted by molar-refractivity contribution is -0.146. The Bertz CT molecular complexity index is 326. The Hall–Kier alpha value is -1.39. The van der Waals surface area contributed by atoms with E-state index in [1.54, 1.807) is 6.92 Å². The third-order valence-electron chi connectivity index (χ3n) is 2.33. The Morgan fingerprint density at radius 3 is 2.56 bits per heavy atom. The molecule has 0 aliphatic rings. The molecule has 0 aromatic heterocycles. The summed E-state index contributed by atoms with van der Waals surface area (Å²) in [7, 11) is 1.31. The van der Waals surface area contributed by atoms with Crippen LogP contribution in [-0.4, -0.2) is 25.2 Å². The number of ether oxygens (including phenoxy) is 2. The quantitative estimate of drug-likeness (QED) is 0.759. The maximum absolute atomic E-state index is 11.1. The van der Waals surface area contributed by atoms with Gasteiger partial charge in [-0.1, -0.05) is 30.3 Å². The molecular weight excluding hydrogens is 206 g/mol. The number of carbonyl (C=O) groups is 1. The fourth-order valence-corrected chi connectivity index (χ4v) is 1.23. The van der Waals surface area contributed by atoms with Crippen molar-refractivity contribution in [2.24, 2.45) is 5.73 Å². The number of rotatable bonds is 5. The van der Waals surface area contributed by atoms with Crippen LogP contribution in [0.3, 0.4) is 0 Å². The average Bonchev–Trinajstić information content (AvgIpc) is 2.35. The predicted molar refractivity (Wildman–Crippen MR) is 60.7 cm³/mol. The van der Waals surface area contributed by atoms with Crippen molar-refractivity contribution in [2.75, 3.05) is 7.11 Å². The highest BCUT2D eigenvalue weighted by atomic mass is 16.5. The third kappa shape index (κ3) is 3.64. The van der Waals surface area contributed by atoms with Crippen LogP contribution in [-0.2, 0) is 20.9 Å². The van der Waals surface area contributed by atoms with Gasteiger partial charge in [0.05, 0.1) is 19.8 Å². The van der Waals surface area contributed by atoms with Gasteiger partial charge in [0, 0.05) is 0 Å². The molecule has 2 N–H and O–H groups in total. The van der Waals surface area contributed by atoms with Crippen molar-refractivity contribution in [3.63, 3.8) is 0 Å². The average molecular weight is 223 g/mol. The first kappa shape index (κ1) is 12.7. The van der Waals surface area contributed by atoms with E-state index in [1.165, 1.54) is 7.11 Å². The lowest BCUT2D eigenvalue weighted by atomic mass is 10.2. The van der Waals surface area contributed by atoms with Crippen LogP contribution in [0, 0.1) is 0 Å². The van der Waals surface area contributed by atoms with E-state index in [1.807, 2.05) is 30.3 Å². The second-order valence-electron chi connectivity index (χ2n) is 3.55. The molecule has 0 heterocycles. The zero-order chi connectivity index (χ0) is 12.0. The number of benzene rings is 1. The van der Waals surface area contributed by atoms with Crippen LogP contribution < -0.4 is 5.73 Å². The van der Waals surface area contributed by atoms with E-state index in [-0.39, 0.29) is 6.10 Å². The summed E-state index contributed by atoms with van der Waals surface area (Å²) >= 11 is 0. The topological polar surface area (TPSA) is 61.5 Å². The Labute approximate surface area is 95.3 Å². The van der Waals surface area contributed by atoms with E-state index >= 15 is 0 Å². The first-order chi connectivity index (χ1) is 7.65. The molecule has 0 aliphatic carbocycles. The Morgan fingerprint density at radius 1 is 1.38 bits per heavy atom. The van der Waals surface area contributed by atoms with Crippen LogP contribution in [0.2, 0.25) is 0 Å². The Kier molecular flexibility index (Phi) is 4.95. The minimum atomic E-state index is -0.742. The molecule has 0 saturated carbocycles. The molecule has 1 aromatic carbocycles. The van der Waals surface area contributed by atoms with Crippen LogP contribution in [0.1, 0.15) is 12.5 Å². The molecule has 88 valence electrons. The first-order valence-corrected chi connectivity index (χ1v) is 5.14. The summed E-state index contributed by atoms with van der Waals surface area (Å²) in [5.74, 6) is -0.458. The third-order valence-corrected chi connectivity index (χ3v) is 2.33. The van der Waals surface area contributed by atoms with Gasteiger partial charge in [-0.15, -0.1) is 0 Å². The fourth-order valence-electron chi connectivity index (χ4n) is 1.23. The maximum Gasteiger partial charge on any atom is 0.325 e. The van der Waals surface area contributed by atoms with E-state index in [0.717, 1.165) is 5.56 Å². The number of hydrogen-bond acceptors (Lipinski definition) is 4. The van der Waals surface area contributed by atoms with Gasteiger partial charge in [-0.3, -0.25) is 4.79 Å². The summed E-state index contributed by atoms with van der Waals surface area (Å²) in [4.78, 5) is 11.1. The Morgan fingerprint density at radius 2 is 2.00 bits per heavy atom. The molecule has 0 aliphatic heterocycles. The van der Waals surface area contributed by atoms with Crippen molar-refractivity contribution in [2.45, 2.75) is 25.7 Å². The summed E-state index contributed by atoms with van der Waals surface area (Å²) in [5, 5.41) is 0. The molecule has 4 nitrogen and oxygen atoms in total. The van der Waals surface area contributed by atoms with Crippen molar-refractivity contribution in [1.29, 1.82) is 0 Å². The van der Waals surface area contributed by atoms with Crippen LogP contribution in [0.5, 0.6) is 0 Å². The van der Waals surface area contributed by atoms with Gasteiger partial charge in [-0.25, -0.2) is 0 Å². The molecule has 0 unspecified atom stereocenters. The number of esters is 1. The molecule has 16 heavy (non-hydrogen) atoms. The molecule has 0 bridgehead atoms. The predicted octanol–water partition coefficient (Wildman–Crippen LogP) is 1.09. The van der Waals surface area contributed by atoms with Crippen LogP contribution in [0.4, 0.5) is 0 Å². The molecule has 2 atom stereocenters. The zero-order valence-corrected chi connectivity index (χ0v) is 9.55. The largest absolute Gasteiger partial charge is 0.468 e. The number of hydrogen-bond donors (Lipinski definition) is 1. The zero-order valence-electron chi connectivity index (χ0n) is 9.55. The molecule has 0 radical (unpaired) electrons. The standard InChI is InChI=1S/C12H17NO3/c1-9(11(13)12(14)15-2)16-8-10-6-4-3-5-7-10/h3-7,9,11H,8,13H2,1-2H3/t9-,11+/m1/s1. The van der Waals surface area contributed by atoms with E-state index in [0.29, 0.717) is 6.61 Å². The Balaban J connectivity index is 2.41. The summed E-state index contributed by atoms with van der Waals surface area (Å²) in [5.41, 5.74) is 6.68. The van der Waals surface area contributed by atoms with Gasteiger partial charge in [-0.05, 0) is 12.5 Å². The van der Waals surface area contributed by atoms with Crippen LogP contribution in [0.25, 0.3) is 0 Å². The second kappa shape index (κ2) is 6.25. The molecule has 1 rings (SSSR count). The monoisotopic (exact) mass is 223 g/mol. The highest BCUT2D eigenvalue weighted by Gasteiger charge is 2.21. The molecule has 0 amide bonds. The molecule has 0 fully saturated rings. The van der Waals surface area contributed by atoms with E-state index in [4.69, 9.17) is 10.5 Å². The van der Waals surface area contributed by atoms with Gasteiger partial charge >= 0.3 is 5.97 Å². The maximum atomic E-state index is 11.1. The number of carbonyl (C=O) groups excluding carboxylic acids is 1. The van der Waals surface area contributed by atoms with Crippen LogP contribution in [0.15, 0.2) is 30.3 Å². The lowest BCUT2D eigenvalue weighted by Gasteiger charge is -2.18. The van der Waals surface area contributed by atoms with Gasteiger partial charge < -0.3 is 15.2 Å². The van der Waals surface area contributed by atoms with Crippen molar-refractivity contribution < 1.29 is 14.3 Å². The fraction of sp³-hybridized carbons (Fsp3) is 0.417. The van der Waals surface area contributed by atoms with Crippen molar-refractivity contribution in [1.82, 2.24) is 0 Å². The highest BCUT2D eigenvalue weighted by Crippen LogP contribution is 2.05. The minimum absolute atomic E-state index is 0.368. The SMILES string of the molecule is COC(=O)[C@@H](N)[C@@H](C)OCc1ccccc1. The first-order valence-electron chi connectivity index (χ1n) is 5.14. The van der Waals surface area contributed by atoms with Crippen molar-refractivity contribution >= 4 is 5.97 Å². The smallest absolute Gasteiger partial charge is 0.325 e. The normalized spacial score (nSPS) is 14.2. The molecule has 4 heteroatoms.